The first kappa shape index (κ1) is 16.9. The van der Waals surface area contributed by atoms with Crippen LogP contribution in [0.25, 0.3) is 0 Å². The Kier molecular flexibility index (Phi) is 4.98. The lowest BCUT2D eigenvalue weighted by molar-refractivity contribution is -0.384. The average Bonchev–Trinajstić information content (AvgIpc) is 2.86. The van der Waals surface area contributed by atoms with Crippen LogP contribution >= 0.6 is 12.2 Å². The summed E-state index contributed by atoms with van der Waals surface area (Å²) in [6, 6.07) is 5.35. The Morgan fingerprint density at radius 1 is 1.65 bits per heavy atom. The molecular weight excluding hydrogens is 318 g/mol. The van der Waals surface area contributed by atoms with Gasteiger partial charge in [-0.1, -0.05) is 12.1 Å². The van der Waals surface area contributed by atoms with Crippen LogP contribution in [0.3, 0.4) is 0 Å². The molecule has 0 aromatic heterocycles. The van der Waals surface area contributed by atoms with Gasteiger partial charge in [-0.25, -0.2) is 9.79 Å². The monoisotopic (exact) mass is 333 g/mol. The summed E-state index contributed by atoms with van der Waals surface area (Å²) >= 11 is 4.69. The number of hydrogen-bond donors (Lipinski definition) is 0. The molecule has 0 amide bonds. The van der Waals surface area contributed by atoms with E-state index in [-0.39, 0.29) is 18.7 Å². The third-order valence-corrected chi connectivity index (χ3v) is 3.66. The summed E-state index contributed by atoms with van der Waals surface area (Å²) in [7, 11) is 0. The third-order valence-electron chi connectivity index (χ3n) is 3.57. The molecule has 0 spiro atoms. The molecule has 2 rings (SSSR count). The number of hydrogen-bond acceptors (Lipinski definition) is 7. The molecule has 1 heterocycles. The van der Waals surface area contributed by atoms with E-state index in [9.17, 15) is 14.9 Å². The van der Waals surface area contributed by atoms with Crippen LogP contribution in [0.5, 0.6) is 0 Å². The summed E-state index contributed by atoms with van der Waals surface area (Å²) in [5.74, 6) is -0.446. The summed E-state index contributed by atoms with van der Waals surface area (Å²) in [4.78, 5) is 31.0. The predicted octanol–water partition coefficient (Wildman–Crippen LogP) is 2.58. The molecule has 0 fully saturated rings. The normalized spacial score (nSPS) is 22.9. The van der Waals surface area contributed by atoms with E-state index in [0.29, 0.717) is 11.3 Å². The van der Waals surface area contributed by atoms with Gasteiger partial charge < -0.3 is 4.74 Å². The zero-order chi connectivity index (χ0) is 17.0. The number of nitrogens with zero attached hydrogens (tertiary/aromatic N) is 3. The van der Waals surface area contributed by atoms with Crippen LogP contribution in [0.1, 0.15) is 25.8 Å². The lowest BCUT2D eigenvalue weighted by Gasteiger charge is -2.20. The van der Waals surface area contributed by atoms with Crippen LogP contribution in [0.2, 0.25) is 0 Å². The Labute approximate surface area is 138 Å². The molecule has 0 saturated heterocycles. The zero-order valence-corrected chi connectivity index (χ0v) is 13.5. The number of rotatable bonds is 5. The number of aliphatic imine (C=N–C) groups is 2. The first-order chi connectivity index (χ1) is 10.9. The van der Waals surface area contributed by atoms with Crippen LogP contribution in [0.4, 0.5) is 5.69 Å². The van der Waals surface area contributed by atoms with E-state index in [1.54, 1.807) is 26.0 Å². The van der Waals surface area contributed by atoms with Crippen molar-refractivity contribution in [3.63, 3.8) is 0 Å². The van der Waals surface area contributed by atoms with Gasteiger partial charge in [0.25, 0.3) is 5.69 Å². The van der Waals surface area contributed by atoms with E-state index >= 15 is 0 Å². The Morgan fingerprint density at radius 3 is 3.00 bits per heavy atom. The molecule has 1 aromatic rings. The number of thiocarbonyl (C=S) groups is 1. The summed E-state index contributed by atoms with van der Waals surface area (Å²) in [6.45, 7) is 3.74. The highest BCUT2D eigenvalue weighted by molar-refractivity contribution is 7.78. The third kappa shape index (κ3) is 3.49. The van der Waals surface area contributed by atoms with E-state index in [1.165, 1.54) is 12.1 Å². The standard InChI is InChI=1S/C15H15N3O4S/c1-3-22-14(19)12-8-15(2,16-9-23)13(17-12)10-5-4-6-11(7-10)18(20)21/h4-7,12H,3,8H2,1-2H3/t12-,15-/m0/s1. The number of esters is 1. The van der Waals surface area contributed by atoms with Gasteiger partial charge in [0.05, 0.1) is 22.4 Å². The molecule has 120 valence electrons. The molecular formula is C15H15N3O4S. The Morgan fingerprint density at radius 2 is 2.39 bits per heavy atom. The van der Waals surface area contributed by atoms with Crippen LogP contribution in [-0.4, -0.2) is 40.0 Å². The van der Waals surface area contributed by atoms with Crippen LogP contribution in [-0.2, 0) is 9.53 Å². The fourth-order valence-electron chi connectivity index (χ4n) is 2.54. The van der Waals surface area contributed by atoms with Crippen molar-refractivity contribution in [3.8, 4) is 0 Å². The van der Waals surface area contributed by atoms with Gasteiger partial charge in [0, 0.05) is 24.1 Å². The van der Waals surface area contributed by atoms with E-state index < -0.39 is 22.5 Å². The minimum absolute atomic E-state index is 0.0570. The largest absolute Gasteiger partial charge is 0.464 e. The molecule has 1 aliphatic heterocycles. The topological polar surface area (TPSA) is 94.2 Å². The van der Waals surface area contributed by atoms with Crippen molar-refractivity contribution in [2.24, 2.45) is 9.98 Å². The molecule has 0 unspecified atom stereocenters. The summed E-state index contributed by atoms with van der Waals surface area (Å²) in [6.07, 6.45) is 0.285. The Hall–Kier alpha value is -2.44. The first-order valence-electron chi connectivity index (χ1n) is 7.00. The molecule has 0 saturated carbocycles. The van der Waals surface area contributed by atoms with Gasteiger partial charge in [-0.05, 0) is 26.1 Å². The molecule has 0 bridgehead atoms. The maximum atomic E-state index is 12.0. The Bertz CT molecular complexity index is 727. The molecule has 1 aromatic carbocycles. The zero-order valence-electron chi connectivity index (χ0n) is 12.7. The van der Waals surface area contributed by atoms with Crippen molar-refractivity contribution in [1.82, 2.24) is 0 Å². The number of carbonyl (C=O) groups excluding carboxylic acids is 1. The van der Waals surface area contributed by atoms with Crippen molar-refractivity contribution in [3.05, 3.63) is 39.9 Å². The predicted molar refractivity (Wildman–Crippen MR) is 88.1 cm³/mol. The van der Waals surface area contributed by atoms with Gasteiger partial charge in [0.2, 0.25) is 0 Å². The molecule has 23 heavy (non-hydrogen) atoms. The smallest absolute Gasteiger partial charge is 0.330 e. The van der Waals surface area contributed by atoms with Crippen LogP contribution in [0, 0.1) is 10.1 Å². The fraction of sp³-hybridized carbons (Fsp3) is 0.400. The van der Waals surface area contributed by atoms with Crippen molar-refractivity contribution >= 4 is 34.7 Å². The molecule has 2 atom stereocenters. The lowest BCUT2D eigenvalue weighted by atomic mass is 9.88. The number of nitro groups is 1. The number of isothiocyanates is 1. The van der Waals surface area contributed by atoms with Crippen molar-refractivity contribution in [1.29, 1.82) is 0 Å². The summed E-state index contributed by atoms with van der Waals surface area (Å²) in [5, 5.41) is 13.3. The molecule has 8 heteroatoms. The second-order valence-electron chi connectivity index (χ2n) is 5.23. The van der Waals surface area contributed by atoms with E-state index in [0.717, 1.165) is 0 Å². The molecule has 0 radical (unpaired) electrons. The SMILES string of the molecule is CCOC(=O)[C@@H]1C[C@](C)(N=C=S)C(c2cccc([N+](=O)[O-])c2)=N1. The van der Waals surface area contributed by atoms with Crippen LogP contribution in [0.15, 0.2) is 34.3 Å². The quantitative estimate of drug-likeness (QED) is 0.271. The van der Waals surface area contributed by atoms with Crippen molar-refractivity contribution in [2.45, 2.75) is 31.8 Å². The van der Waals surface area contributed by atoms with E-state index in [2.05, 4.69) is 15.1 Å². The van der Waals surface area contributed by atoms with Gasteiger partial charge in [-0.15, -0.1) is 0 Å². The molecule has 0 N–H and O–H groups in total. The number of ether oxygens (including phenoxy) is 1. The van der Waals surface area contributed by atoms with Gasteiger partial charge in [0.15, 0.2) is 6.04 Å². The Balaban J connectivity index is 2.48. The highest BCUT2D eigenvalue weighted by Crippen LogP contribution is 2.33. The van der Waals surface area contributed by atoms with E-state index in [4.69, 9.17) is 17.0 Å². The minimum Gasteiger partial charge on any atom is -0.464 e. The fourth-order valence-corrected chi connectivity index (χ4v) is 2.74. The molecule has 1 aliphatic rings. The first-order valence-corrected chi connectivity index (χ1v) is 7.41. The highest BCUT2D eigenvalue weighted by Gasteiger charge is 2.43. The lowest BCUT2D eigenvalue weighted by Crippen LogP contribution is -2.32. The number of carbonyl (C=O) groups is 1. The second-order valence-corrected chi connectivity index (χ2v) is 5.42. The van der Waals surface area contributed by atoms with Crippen molar-refractivity contribution < 1.29 is 14.5 Å². The highest BCUT2D eigenvalue weighted by atomic mass is 32.1. The molecule has 7 nitrogen and oxygen atoms in total. The number of non-ortho nitro benzene ring substituents is 1. The summed E-state index contributed by atoms with van der Waals surface area (Å²) in [5.41, 5.74) is 0.0755. The summed E-state index contributed by atoms with van der Waals surface area (Å²) < 4.78 is 5.00. The number of benzene rings is 1. The average molecular weight is 333 g/mol. The molecule has 0 aliphatic carbocycles. The van der Waals surface area contributed by atoms with Crippen LogP contribution < -0.4 is 0 Å². The second kappa shape index (κ2) is 6.76. The van der Waals surface area contributed by atoms with Gasteiger partial charge in [0.1, 0.15) is 5.54 Å². The maximum Gasteiger partial charge on any atom is 0.330 e. The van der Waals surface area contributed by atoms with E-state index in [1.807, 2.05) is 0 Å². The van der Waals surface area contributed by atoms with Crippen molar-refractivity contribution in [2.75, 3.05) is 6.61 Å². The van der Waals surface area contributed by atoms with Gasteiger partial charge >= 0.3 is 5.97 Å². The van der Waals surface area contributed by atoms with Gasteiger partial charge in [-0.2, -0.15) is 0 Å². The minimum atomic E-state index is -0.867. The maximum absolute atomic E-state index is 12.0. The number of nitro benzene ring substituents is 1. The van der Waals surface area contributed by atoms with Gasteiger partial charge in [-0.3, -0.25) is 15.1 Å².